The van der Waals surface area contributed by atoms with Crippen LogP contribution >= 0.6 is 11.6 Å². The Bertz CT molecular complexity index is 549. The Labute approximate surface area is 117 Å². The number of sulfonamides is 1. The van der Waals surface area contributed by atoms with E-state index in [0.29, 0.717) is 6.42 Å². The topological polar surface area (TPSA) is 37.4 Å². The molecule has 1 aromatic carbocycles. The van der Waals surface area contributed by atoms with Gasteiger partial charge in [0.15, 0.2) is 11.6 Å². The number of hydrogen-bond donors (Lipinski definition) is 0. The summed E-state index contributed by atoms with van der Waals surface area (Å²) in [6.45, 7) is 3.91. The normalized spacial score (nSPS) is 12.1. The highest BCUT2D eigenvalue weighted by molar-refractivity contribution is 7.89. The molecule has 0 amide bonds. The molecule has 1 rings (SSSR count). The minimum atomic E-state index is -4.04. The van der Waals surface area contributed by atoms with Crippen molar-refractivity contribution in [1.29, 1.82) is 0 Å². The van der Waals surface area contributed by atoms with Crippen LogP contribution in [0.25, 0.3) is 0 Å². The van der Waals surface area contributed by atoms with E-state index in [-0.39, 0.29) is 24.5 Å². The highest BCUT2D eigenvalue weighted by Gasteiger charge is 2.28. The SMILES string of the molecule is CCCN(CC)S(=O)(=O)c1cc(CCl)cc(F)c1F. The molecular weight excluding hydrogens is 296 g/mol. The number of alkyl halides is 1. The second-order valence-corrected chi connectivity index (χ2v) is 6.19. The predicted molar refractivity (Wildman–Crippen MR) is 70.6 cm³/mol. The van der Waals surface area contributed by atoms with E-state index in [4.69, 9.17) is 11.6 Å². The van der Waals surface area contributed by atoms with Crippen LogP contribution in [0.4, 0.5) is 8.78 Å². The number of hydrogen-bond acceptors (Lipinski definition) is 2. The highest BCUT2D eigenvalue weighted by atomic mass is 35.5. The van der Waals surface area contributed by atoms with E-state index >= 15 is 0 Å². The Kier molecular flexibility index (Phi) is 5.70. The summed E-state index contributed by atoms with van der Waals surface area (Å²) in [5.41, 5.74) is 0.228. The highest BCUT2D eigenvalue weighted by Crippen LogP contribution is 2.24. The fourth-order valence-electron chi connectivity index (χ4n) is 1.72. The van der Waals surface area contributed by atoms with Crippen molar-refractivity contribution in [2.45, 2.75) is 31.0 Å². The van der Waals surface area contributed by atoms with Crippen LogP contribution in [0.15, 0.2) is 17.0 Å². The summed E-state index contributed by atoms with van der Waals surface area (Å²) in [5.74, 6) is -2.65. The van der Waals surface area contributed by atoms with Crippen molar-refractivity contribution < 1.29 is 17.2 Å². The molecule has 0 radical (unpaired) electrons. The number of nitrogens with zero attached hydrogens (tertiary/aromatic N) is 1. The van der Waals surface area contributed by atoms with Gasteiger partial charge >= 0.3 is 0 Å². The molecule has 0 spiro atoms. The lowest BCUT2D eigenvalue weighted by Gasteiger charge is -2.20. The smallest absolute Gasteiger partial charge is 0.207 e. The molecule has 0 aliphatic heterocycles. The molecule has 19 heavy (non-hydrogen) atoms. The maximum absolute atomic E-state index is 13.7. The lowest BCUT2D eigenvalue weighted by molar-refractivity contribution is 0.417. The molecule has 0 aliphatic carbocycles. The van der Waals surface area contributed by atoms with Gasteiger partial charge in [0.05, 0.1) is 0 Å². The van der Waals surface area contributed by atoms with Gasteiger partial charge in [0.2, 0.25) is 10.0 Å². The number of rotatable bonds is 6. The number of halogens is 3. The lowest BCUT2D eigenvalue weighted by Crippen LogP contribution is -2.32. The maximum atomic E-state index is 13.7. The Hall–Kier alpha value is -0.720. The van der Waals surface area contributed by atoms with Crippen LogP contribution in [0, 0.1) is 11.6 Å². The molecule has 3 nitrogen and oxygen atoms in total. The summed E-state index contributed by atoms with van der Waals surface area (Å²) in [7, 11) is -4.04. The molecule has 0 atom stereocenters. The quantitative estimate of drug-likeness (QED) is 0.757. The fourth-order valence-corrected chi connectivity index (χ4v) is 3.54. The van der Waals surface area contributed by atoms with E-state index in [1.54, 1.807) is 6.92 Å². The molecule has 0 saturated heterocycles. The van der Waals surface area contributed by atoms with Crippen LogP contribution in [-0.4, -0.2) is 25.8 Å². The van der Waals surface area contributed by atoms with Gasteiger partial charge in [0.25, 0.3) is 0 Å². The van der Waals surface area contributed by atoms with E-state index < -0.39 is 26.6 Å². The van der Waals surface area contributed by atoms with Crippen molar-refractivity contribution in [3.63, 3.8) is 0 Å². The van der Waals surface area contributed by atoms with Gasteiger partial charge in [-0.3, -0.25) is 0 Å². The van der Waals surface area contributed by atoms with E-state index in [2.05, 4.69) is 0 Å². The molecule has 0 aromatic heterocycles. The summed E-state index contributed by atoms with van der Waals surface area (Å²) >= 11 is 5.55. The Morgan fingerprint density at radius 2 is 1.89 bits per heavy atom. The standard InChI is InChI=1S/C12H16ClF2NO2S/c1-3-5-16(4-2)19(17,18)11-7-9(8-13)6-10(14)12(11)15/h6-7H,3-5,8H2,1-2H3. The number of benzene rings is 1. The first-order valence-corrected chi connectivity index (χ1v) is 7.89. The Balaban J connectivity index is 3.38. The van der Waals surface area contributed by atoms with Gasteiger partial charge in [-0.15, -0.1) is 11.6 Å². The minimum absolute atomic E-state index is 0.0837. The predicted octanol–water partition coefficient (Wildman–Crippen LogP) is 3.12. The molecule has 108 valence electrons. The summed E-state index contributed by atoms with van der Waals surface area (Å²) in [5, 5.41) is 0. The van der Waals surface area contributed by atoms with Gasteiger partial charge in [-0.05, 0) is 24.1 Å². The van der Waals surface area contributed by atoms with Gasteiger partial charge in [0, 0.05) is 19.0 Å². The van der Waals surface area contributed by atoms with E-state index in [9.17, 15) is 17.2 Å². The minimum Gasteiger partial charge on any atom is -0.207 e. The second-order valence-electron chi connectivity index (χ2n) is 4.02. The lowest BCUT2D eigenvalue weighted by atomic mass is 10.2. The largest absolute Gasteiger partial charge is 0.246 e. The molecule has 0 saturated carbocycles. The van der Waals surface area contributed by atoms with E-state index in [1.165, 1.54) is 0 Å². The van der Waals surface area contributed by atoms with Crippen LogP contribution in [0.2, 0.25) is 0 Å². The zero-order valence-corrected chi connectivity index (χ0v) is 12.4. The van der Waals surface area contributed by atoms with Gasteiger partial charge in [-0.1, -0.05) is 13.8 Å². The second kappa shape index (κ2) is 6.63. The third-order valence-electron chi connectivity index (χ3n) is 2.65. The molecule has 0 heterocycles. The van der Waals surface area contributed by atoms with Crippen molar-refractivity contribution in [2.24, 2.45) is 0 Å². The first kappa shape index (κ1) is 16.3. The maximum Gasteiger partial charge on any atom is 0.246 e. The molecular formula is C12H16ClF2NO2S. The van der Waals surface area contributed by atoms with Gasteiger partial charge < -0.3 is 0 Å². The first-order chi connectivity index (χ1) is 8.88. The molecule has 0 N–H and O–H groups in total. The van der Waals surface area contributed by atoms with E-state index in [0.717, 1.165) is 16.4 Å². The van der Waals surface area contributed by atoms with Gasteiger partial charge in [0.1, 0.15) is 4.90 Å². The Morgan fingerprint density at radius 3 is 2.37 bits per heavy atom. The zero-order chi connectivity index (χ0) is 14.6. The van der Waals surface area contributed by atoms with Crippen LogP contribution < -0.4 is 0 Å². The molecule has 1 aromatic rings. The summed E-state index contributed by atoms with van der Waals surface area (Å²) in [6, 6.07) is 1.98. The zero-order valence-electron chi connectivity index (χ0n) is 10.8. The molecule has 0 fully saturated rings. The third-order valence-corrected chi connectivity index (χ3v) is 4.93. The summed E-state index contributed by atoms with van der Waals surface area (Å²) < 4.78 is 52.8. The first-order valence-electron chi connectivity index (χ1n) is 5.92. The molecule has 0 bridgehead atoms. The summed E-state index contributed by atoms with van der Waals surface area (Å²) in [6.07, 6.45) is 0.590. The summed E-state index contributed by atoms with van der Waals surface area (Å²) in [4.78, 5) is -0.654. The van der Waals surface area contributed by atoms with Crippen molar-refractivity contribution >= 4 is 21.6 Å². The fraction of sp³-hybridized carbons (Fsp3) is 0.500. The van der Waals surface area contributed by atoms with Crippen LogP contribution in [0.5, 0.6) is 0 Å². The molecule has 7 heteroatoms. The van der Waals surface area contributed by atoms with Crippen molar-refractivity contribution in [1.82, 2.24) is 4.31 Å². The third kappa shape index (κ3) is 3.43. The van der Waals surface area contributed by atoms with Crippen LogP contribution in [0.3, 0.4) is 0 Å². The average Bonchev–Trinajstić information content (AvgIpc) is 2.38. The average molecular weight is 312 g/mol. The van der Waals surface area contributed by atoms with E-state index in [1.807, 2.05) is 6.92 Å². The van der Waals surface area contributed by atoms with Crippen molar-refractivity contribution in [2.75, 3.05) is 13.1 Å². The van der Waals surface area contributed by atoms with Crippen LogP contribution in [-0.2, 0) is 15.9 Å². The van der Waals surface area contributed by atoms with Crippen molar-refractivity contribution in [3.8, 4) is 0 Å². The van der Waals surface area contributed by atoms with Crippen LogP contribution in [0.1, 0.15) is 25.8 Å². The van der Waals surface area contributed by atoms with Gasteiger partial charge in [-0.25, -0.2) is 17.2 Å². The molecule has 0 aliphatic rings. The Morgan fingerprint density at radius 1 is 1.26 bits per heavy atom. The molecule has 0 unspecified atom stereocenters. The van der Waals surface area contributed by atoms with Crippen molar-refractivity contribution in [3.05, 3.63) is 29.3 Å². The monoisotopic (exact) mass is 311 g/mol. The van der Waals surface area contributed by atoms with Gasteiger partial charge in [-0.2, -0.15) is 4.31 Å².